The van der Waals surface area contributed by atoms with Crippen LogP contribution in [-0.4, -0.2) is 23.3 Å². The Labute approximate surface area is 84.9 Å². The number of hydrogen-bond donors (Lipinski definition) is 0. The maximum atomic E-state index is 11.0. The fourth-order valence-electron chi connectivity index (χ4n) is 1.07. The molecule has 0 unspecified atom stereocenters. The SMILES string of the molecule is COC(=O)c1nnc(-c2coc(C)c2)o1. The number of nitrogens with zero attached hydrogens (tertiary/aromatic N) is 2. The lowest BCUT2D eigenvalue weighted by molar-refractivity contribution is 0.0556. The van der Waals surface area contributed by atoms with Gasteiger partial charge in [-0.3, -0.25) is 0 Å². The Morgan fingerprint density at radius 1 is 1.47 bits per heavy atom. The molecule has 0 spiro atoms. The molecular weight excluding hydrogens is 200 g/mol. The molecule has 2 aromatic heterocycles. The first-order valence-electron chi connectivity index (χ1n) is 4.18. The summed E-state index contributed by atoms with van der Waals surface area (Å²) in [6.45, 7) is 1.79. The topological polar surface area (TPSA) is 78.4 Å². The molecule has 2 heterocycles. The summed E-state index contributed by atoms with van der Waals surface area (Å²) in [6.07, 6.45) is 1.48. The minimum Gasteiger partial charge on any atom is -0.469 e. The number of hydrogen-bond acceptors (Lipinski definition) is 6. The van der Waals surface area contributed by atoms with Gasteiger partial charge in [0.25, 0.3) is 5.89 Å². The van der Waals surface area contributed by atoms with Crippen LogP contribution in [0, 0.1) is 6.92 Å². The number of esters is 1. The van der Waals surface area contributed by atoms with Gasteiger partial charge in [-0.05, 0) is 13.0 Å². The number of ether oxygens (including phenoxy) is 1. The van der Waals surface area contributed by atoms with E-state index in [-0.39, 0.29) is 11.8 Å². The third-order valence-corrected chi connectivity index (χ3v) is 1.76. The van der Waals surface area contributed by atoms with Gasteiger partial charge in [0.05, 0.1) is 12.7 Å². The van der Waals surface area contributed by atoms with Crippen molar-refractivity contribution in [3.63, 3.8) is 0 Å². The minimum atomic E-state index is -0.658. The normalized spacial score (nSPS) is 10.3. The van der Waals surface area contributed by atoms with Gasteiger partial charge in [0.15, 0.2) is 0 Å². The molecule has 0 atom stereocenters. The molecule has 78 valence electrons. The smallest absolute Gasteiger partial charge is 0.396 e. The molecule has 0 amide bonds. The lowest BCUT2D eigenvalue weighted by Gasteiger charge is -1.89. The molecule has 2 rings (SSSR count). The molecule has 0 aliphatic heterocycles. The van der Waals surface area contributed by atoms with Crippen molar-refractivity contribution in [3.05, 3.63) is 24.0 Å². The molecule has 0 fully saturated rings. The maximum Gasteiger partial charge on any atom is 0.396 e. The molecule has 0 saturated carbocycles. The van der Waals surface area contributed by atoms with Crippen molar-refractivity contribution < 1.29 is 18.4 Å². The Hall–Kier alpha value is -2.11. The third kappa shape index (κ3) is 1.74. The quantitative estimate of drug-likeness (QED) is 0.694. The molecular formula is C9H8N2O4. The average molecular weight is 208 g/mol. The highest BCUT2D eigenvalue weighted by Crippen LogP contribution is 2.20. The highest BCUT2D eigenvalue weighted by Gasteiger charge is 2.16. The van der Waals surface area contributed by atoms with E-state index in [1.165, 1.54) is 13.4 Å². The molecule has 6 heteroatoms. The lowest BCUT2D eigenvalue weighted by Crippen LogP contribution is -2.00. The molecule has 0 bridgehead atoms. The van der Waals surface area contributed by atoms with Crippen molar-refractivity contribution in [1.82, 2.24) is 10.2 Å². The van der Waals surface area contributed by atoms with Gasteiger partial charge in [-0.15, -0.1) is 10.2 Å². The predicted octanol–water partition coefficient (Wildman–Crippen LogP) is 1.42. The Bertz CT molecular complexity index is 486. The van der Waals surface area contributed by atoms with Crippen LogP contribution >= 0.6 is 0 Å². The van der Waals surface area contributed by atoms with Crippen LogP contribution in [0.3, 0.4) is 0 Å². The van der Waals surface area contributed by atoms with Crippen LogP contribution in [0.4, 0.5) is 0 Å². The van der Waals surface area contributed by atoms with Crippen LogP contribution in [0.25, 0.3) is 11.5 Å². The Balaban J connectivity index is 2.31. The number of furan rings is 1. The summed E-state index contributed by atoms with van der Waals surface area (Å²) in [5.41, 5.74) is 0.634. The van der Waals surface area contributed by atoms with E-state index in [1.807, 2.05) is 0 Å². The summed E-state index contributed by atoms with van der Waals surface area (Å²) in [4.78, 5) is 11.0. The molecule has 0 saturated heterocycles. The predicted molar refractivity (Wildman–Crippen MR) is 48.1 cm³/mol. The first-order chi connectivity index (χ1) is 7.20. The van der Waals surface area contributed by atoms with Gasteiger partial charge in [0, 0.05) is 0 Å². The fraction of sp³-hybridized carbons (Fsp3) is 0.222. The standard InChI is InChI=1S/C9H8N2O4/c1-5-3-6(4-14-5)7-10-11-8(15-7)9(12)13-2/h3-4H,1-2H3. The largest absolute Gasteiger partial charge is 0.469 e. The van der Waals surface area contributed by atoms with Gasteiger partial charge in [-0.25, -0.2) is 4.79 Å². The van der Waals surface area contributed by atoms with Gasteiger partial charge in [0.1, 0.15) is 12.0 Å². The zero-order chi connectivity index (χ0) is 10.8. The molecule has 0 N–H and O–H groups in total. The van der Waals surface area contributed by atoms with Gasteiger partial charge >= 0.3 is 11.9 Å². The van der Waals surface area contributed by atoms with E-state index in [0.717, 1.165) is 5.76 Å². The highest BCUT2D eigenvalue weighted by atomic mass is 16.5. The van der Waals surface area contributed by atoms with Crippen molar-refractivity contribution in [2.24, 2.45) is 0 Å². The van der Waals surface area contributed by atoms with Crippen molar-refractivity contribution in [1.29, 1.82) is 0 Å². The van der Waals surface area contributed by atoms with Gasteiger partial charge in [-0.2, -0.15) is 0 Å². The third-order valence-electron chi connectivity index (χ3n) is 1.76. The van der Waals surface area contributed by atoms with E-state index in [9.17, 15) is 4.79 Å². The summed E-state index contributed by atoms with van der Waals surface area (Å²) >= 11 is 0. The molecule has 0 aliphatic rings. The Morgan fingerprint density at radius 2 is 2.27 bits per heavy atom. The highest BCUT2D eigenvalue weighted by molar-refractivity contribution is 5.84. The van der Waals surface area contributed by atoms with E-state index in [0.29, 0.717) is 5.56 Å². The van der Waals surface area contributed by atoms with E-state index in [1.54, 1.807) is 13.0 Å². The van der Waals surface area contributed by atoms with Crippen LogP contribution in [0.2, 0.25) is 0 Å². The first-order valence-corrected chi connectivity index (χ1v) is 4.18. The zero-order valence-corrected chi connectivity index (χ0v) is 8.18. The van der Waals surface area contributed by atoms with E-state index in [2.05, 4.69) is 14.9 Å². The summed E-state index contributed by atoms with van der Waals surface area (Å²) in [6, 6.07) is 1.73. The van der Waals surface area contributed by atoms with Crippen molar-refractivity contribution >= 4 is 5.97 Å². The first kappa shape index (κ1) is 9.45. The van der Waals surface area contributed by atoms with Crippen LogP contribution in [0.1, 0.15) is 16.4 Å². The second-order valence-electron chi connectivity index (χ2n) is 2.85. The Morgan fingerprint density at radius 3 is 2.87 bits per heavy atom. The summed E-state index contributed by atoms with van der Waals surface area (Å²) < 4.78 is 14.6. The fourth-order valence-corrected chi connectivity index (χ4v) is 1.07. The van der Waals surface area contributed by atoms with Crippen LogP contribution in [-0.2, 0) is 4.74 Å². The van der Waals surface area contributed by atoms with Gasteiger partial charge in [-0.1, -0.05) is 0 Å². The van der Waals surface area contributed by atoms with E-state index >= 15 is 0 Å². The molecule has 0 aliphatic carbocycles. The number of carbonyl (C=O) groups excluding carboxylic acids is 1. The number of carbonyl (C=O) groups is 1. The number of methoxy groups -OCH3 is 1. The number of rotatable bonds is 2. The van der Waals surface area contributed by atoms with Gasteiger partial charge in [0.2, 0.25) is 0 Å². The molecule has 0 aromatic carbocycles. The van der Waals surface area contributed by atoms with E-state index in [4.69, 9.17) is 8.83 Å². The second-order valence-corrected chi connectivity index (χ2v) is 2.85. The van der Waals surface area contributed by atoms with Crippen LogP contribution in [0.5, 0.6) is 0 Å². The van der Waals surface area contributed by atoms with E-state index < -0.39 is 5.97 Å². The molecule has 0 radical (unpaired) electrons. The van der Waals surface area contributed by atoms with Crippen LogP contribution < -0.4 is 0 Å². The maximum absolute atomic E-state index is 11.0. The number of aryl methyl sites for hydroxylation is 1. The monoisotopic (exact) mass is 208 g/mol. The molecule has 2 aromatic rings. The average Bonchev–Trinajstić information content (AvgIpc) is 2.84. The van der Waals surface area contributed by atoms with Gasteiger partial charge < -0.3 is 13.6 Å². The van der Waals surface area contributed by atoms with Crippen LogP contribution in [0.15, 0.2) is 21.2 Å². The van der Waals surface area contributed by atoms with Crippen molar-refractivity contribution in [2.45, 2.75) is 6.92 Å². The van der Waals surface area contributed by atoms with Crippen molar-refractivity contribution in [2.75, 3.05) is 7.11 Å². The molecule has 15 heavy (non-hydrogen) atoms. The lowest BCUT2D eigenvalue weighted by atomic mass is 10.3. The molecule has 6 nitrogen and oxygen atoms in total. The summed E-state index contributed by atoms with van der Waals surface area (Å²) in [7, 11) is 1.24. The number of aromatic nitrogens is 2. The van der Waals surface area contributed by atoms with Crippen molar-refractivity contribution in [3.8, 4) is 11.5 Å². The zero-order valence-electron chi connectivity index (χ0n) is 8.18. The summed E-state index contributed by atoms with van der Waals surface area (Å²) in [5, 5.41) is 7.23. The Kier molecular flexibility index (Phi) is 2.24. The summed E-state index contributed by atoms with van der Waals surface area (Å²) in [5.74, 6) is 0.121. The minimum absolute atomic E-state index is 0.175. The second kappa shape index (κ2) is 3.56.